The minimum Gasteiger partial charge on any atom is -0.491 e. The molecule has 2 aromatic rings. The molecule has 0 bridgehead atoms. The summed E-state index contributed by atoms with van der Waals surface area (Å²) in [6.07, 6.45) is 1.16. The summed E-state index contributed by atoms with van der Waals surface area (Å²) in [5.74, 6) is 0.853. The van der Waals surface area contributed by atoms with E-state index in [9.17, 15) is 4.79 Å². The second kappa shape index (κ2) is 9.64. The smallest absolute Gasteiger partial charge is 0.187 e. The van der Waals surface area contributed by atoms with Crippen molar-refractivity contribution >= 4 is 49.9 Å². The van der Waals surface area contributed by atoms with Gasteiger partial charge in [0.2, 0.25) is 0 Å². The summed E-state index contributed by atoms with van der Waals surface area (Å²) in [5.41, 5.74) is 2.70. The number of carbonyl (C=O) groups excluding carboxylic acids is 1. The van der Waals surface area contributed by atoms with Crippen LogP contribution >= 0.6 is 20.2 Å². The van der Waals surface area contributed by atoms with Crippen LogP contribution in [0.1, 0.15) is 41.8 Å². The molecule has 0 saturated carbocycles. The first-order valence-corrected chi connectivity index (χ1v) is 9.14. The Labute approximate surface area is 163 Å². The Morgan fingerprint density at radius 3 is 2.50 bits per heavy atom. The van der Waals surface area contributed by atoms with E-state index in [1.807, 2.05) is 44.2 Å². The predicted molar refractivity (Wildman–Crippen MR) is 106 cm³/mol. The molecule has 5 heteroatoms. The molecule has 0 N–H and O–H groups in total. The quantitative estimate of drug-likeness (QED) is 0.544. The molecule has 2 atom stereocenters. The van der Waals surface area contributed by atoms with Crippen molar-refractivity contribution < 1.29 is 9.53 Å². The molecule has 0 saturated heterocycles. The third-order valence-electron chi connectivity index (χ3n) is 3.81. The molecular formula is C19H22ClLiO2P. The van der Waals surface area contributed by atoms with Crippen molar-refractivity contribution in [2.24, 2.45) is 0 Å². The summed E-state index contributed by atoms with van der Waals surface area (Å²) in [5, 5.41) is 1.56. The van der Waals surface area contributed by atoms with Gasteiger partial charge in [-0.2, -0.15) is 0 Å². The van der Waals surface area contributed by atoms with E-state index in [0.29, 0.717) is 10.6 Å². The monoisotopic (exact) mass is 355 g/mol. The van der Waals surface area contributed by atoms with Gasteiger partial charge in [-0.3, -0.25) is 4.79 Å². The third kappa shape index (κ3) is 5.37. The zero-order valence-electron chi connectivity index (χ0n) is 14.9. The fourth-order valence-corrected chi connectivity index (χ4v) is 3.79. The van der Waals surface area contributed by atoms with Crippen LogP contribution in [0.25, 0.3) is 0 Å². The molecular weight excluding hydrogens is 334 g/mol. The maximum absolute atomic E-state index is 12.6. The Balaban J connectivity index is 0.00000288. The molecule has 0 heterocycles. The van der Waals surface area contributed by atoms with Crippen LogP contribution in [0, 0.1) is 13.8 Å². The Hall–Kier alpha value is -0.773. The molecule has 0 amide bonds. The minimum absolute atomic E-state index is 0. The molecule has 2 rings (SSSR count). The van der Waals surface area contributed by atoms with Crippen molar-refractivity contribution in [1.29, 1.82) is 0 Å². The molecule has 0 spiro atoms. The van der Waals surface area contributed by atoms with Crippen molar-refractivity contribution in [1.82, 2.24) is 0 Å². The van der Waals surface area contributed by atoms with Crippen LogP contribution in [0.5, 0.6) is 5.75 Å². The van der Waals surface area contributed by atoms with Gasteiger partial charge < -0.3 is 4.74 Å². The van der Waals surface area contributed by atoms with Crippen molar-refractivity contribution in [2.45, 2.75) is 40.2 Å². The summed E-state index contributed by atoms with van der Waals surface area (Å²) < 4.78 is 5.82. The number of halogens is 1. The number of benzene rings is 2. The molecule has 0 aliphatic heterocycles. The third-order valence-corrected chi connectivity index (χ3v) is 5.43. The number of carbonyl (C=O) groups is 1. The van der Waals surface area contributed by atoms with Crippen LogP contribution < -0.4 is 10.0 Å². The summed E-state index contributed by atoms with van der Waals surface area (Å²) in [4.78, 5) is 12.6. The maximum Gasteiger partial charge on any atom is 0.187 e. The van der Waals surface area contributed by atoms with Crippen molar-refractivity contribution in [3.8, 4) is 5.75 Å². The second-order valence-corrected chi connectivity index (χ2v) is 7.35. The Bertz CT molecular complexity index is 698. The molecule has 1 radical (unpaired) electrons. The topological polar surface area (TPSA) is 26.3 Å². The first kappa shape index (κ1) is 21.3. The van der Waals surface area contributed by atoms with E-state index in [-0.39, 0.29) is 39.1 Å². The maximum atomic E-state index is 12.6. The van der Waals surface area contributed by atoms with E-state index >= 15 is 0 Å². The van der Waals surface area contributed by atoms with Crippen molar-refractivity contribution in [3.63, 3.8) is 0 Å². The number of ether oxygens (including phenoxy) is 1. The molecule has 0 aromatic heterocycles. The first-order valence-electron chi connectivity index (χ1n) is 7.76. The van der Waals surface area contributed by atoms with Gasteiger partial charge in [0.05, 0.1) is 11.1 Å². The SMILES string of the molecule is CCC(C)Oc1ccc(PC(=O)c2c(C)cccc2Cl)c(C)c1.[Li]. The average molecular weight is 356 g/mol. The Morgan fingerprint density at radius 1 is 1.21 bits per heavy atom. The van der Waals surface area contributed by atoms with Gasteiger partial charge in [-0.05, 0) is 70.4 Å². The van der Waals surface area contributed by atoms with Gasteiger partial charge in [0, 0.05) is 24.4 Å². The fourth-order valence-electron chi connectivity index (χ4n) is 2.27. The molecule has 2 unspecified atom stereocenters. The standard InChI is InChI=1S/C19H22ClO2P.Li/c1-5-14(4)22-15-9-10-17(13(3)11-15)23-19(21)18-12(2)7-6-8-16(18)20;/h6-11,14,23H,5H2,1-4H3;. The van der Waals surface area contributed by atoms with Crippen LogP contribution in [0.4, 0.5) is 0 Å². The zero-order valence-corrected chi connectivity index (χ0v) is 16.7. The largest absolute Gasteiger partial charge is 0.491 e. The number of hydrogen-bond donors (Lipinski definition) is 0. The molecule has 0 fully saturated rings. The molecule has 24 heavy (non-hydrogen) atoms. The molecule has 0 aliphatic rings. The van der Waals surface area contributed by atoms with E-state index in [1.54, 1.807) is 6.07 Å². The van der Waals surface area contributed by atoms with Gasteiger partial charge >= 0.3 is 0 Å². The molecule has 2 nitrogen and oxygen atoms in total. The summed E-state index contributed by atoms with van der Waals surface area (Å²) in [7, 11) is 0.0610. The summed E-state index contributed by atoms with van der Waals surface area (Å²) >= 11 is 6.19. The first-order chi connectivity index (χ1) is 10.9. The van der Waals surface area contributed by atoms with Crippen LogP contribution in [0.15, 0.2) is 36.4 Å². The second-order valence-electron chi connectivity index (χ2n) is 5.70. The summed E-state index contributed by atoms with van der Waals surface area (Å²) in [6.45, 7) is 8.07. The van der Waals surface area contributed by atoms with Gasteiger partial charge in [0.25, 0.3) is 0 Å². The number of hydrogen-bond acceptors (Lipinski definition) is 2. The van der Waals surface area contributed by atoms with Crippen molar-refractivity contribution in [2.75, 3.05) is 0 Å². The van der Waals surface area contributed by atoms with Gasteiger partial charge in [0.1, 0.15) is 5.75 Å². The van der Waals surface area contributed by atoms with Crippen LogP contribution in [0.3, 0.4) is 0 Å². The van der Waals surface area contributed by atoms with Gasteiger partial charge in [-0.1, -0.05) is 36.7 Å². The van der Waals surface area contributed by atoms with E-state index in [1.165, 1.54) is 0 Å². The van der Waals surface area contributed by atoms with E-state index in [0.717, 1.165) is 28.6 Å². The molecule has 2 aromatic carbocycles. The van der Waals surface area contributed by atoms with Crippen molar-refractivity contribution in [3.05, 3.63) is 58.1 Å². The molecule has 0 aliphatic carbocycles. The Kier molecular flexibility index (Phi) is 8.55. The van der Waals surface area contributed by atoms with Crippen LogP contribution in [-0.4, -0.2) is 30.5 Å². The normalized spacial score (nSPS) is 12.0. The van der Waals surface area contributed by atoms with E-state index < -0.39 is 0 Å². The van der Waals surface area contributed by atoms with Gasteiger partial charge in [0.15, 0.2) is 5.52 Å². The van der Waals surface area contributed by atoms with E-state index in [4.69, 9.17) is 16.3 Å². The fraction of sp³-hybridized carbons (Fsp3) is 0.316. The average Bonchev–Trinajstić information content (AvgIpc) is 2.49. The molecule has 123 valence electrons. The van der Waals surface area contributed by atoms with Crippen LogP contribution in [0.2, 0.25) is 5.02 Å². The summed E-state index contributed by atoms with van der Waals surface area (Å²) in [6, 6.07) is 11.5. The number of rotatable bonds is 6. The van der Waals surface area contributed by atoms with Gasteiger partial charge in [-0.25, -0.2) is 0 Å². The predicted octanol–water partition coefficient (Wildman–Crippen LogP) is 4.90. The number of aryl methyl sites for hydroxylation is 2. The zero-order chi connectivity index (χ0) is 17.0. The van der Waals surface area contributed by atoms with Crippen LogP contribution in [-0.2, 0) is 0 Å². The minimum atomic E-state index is 0. The van der Waals surface area contributed by atoms with Gasteiger partial charge in [-0.15, -0.1) is 0 Å². The Morgan fingerprint density at radius 2 is 1.92 bits per heavy atom. The van der Waals surface area contributed by atoms with E-state index in [2.05, 4.69) is 13.8 Å².